The molecule has 5 fully saturated rings. The van der Waals surface area contributed by atoms with E-state index in [1.807, 2.05) is 0 Å². The second-order valence-corrected chi connectivity index (χ2v) is 10.1. The van der Waals surface area contributed by atoms with E-state index in [2.05, 4.69) is 0 Å². The molecular weight excluding hydrogens is 384 g/mol. The quantitative estimate of drug-likeness (QED) is 0.514. The number of ether oxygens (including phenoxy) is 4. The Morgan fingerprint density at radius 3 is 2.13 bits per heavy atom. The zero-order valence-corrected chi connectivity index (χ0v) is 17.6. The Morgan fingerprint density at radius 2 is 1.50 bits per heavy atom. The summed E-state index contributed by atoms with van der Waals surface area (Å²) in [6, 6.07) is 0. The van der Waals surface area contributed by atoms with E-state index in [1.54, 1.807) is 5.57 Å². The molecule has 0 amide bonds. The molecule has 6 heteroatoms. The van der Waals surface area contributed by atoms with Crippen molar-refractivity contribution in [2.75, 3.05) is 13.2 Å². The summed E-state index contributed by atoms with van der Waals surface area (Å²) < 4.78 is 22.9. The summed E-state index contributed by atoms with van der Waals surface area (Å²) >= 11 is 0. The number of fused-ring (bicyclic) bond motifs is 8. The van der Waals surface area contributed by atoms with Gasteiger partial charge in [-0.15, -0.1) is 0 Å². The monoisotopic (exact) mass is 416 g/mol. The smallest absolute Gasteiger partial charge is 0.312 e. The van der Waals surface area contributed by atoms with Crippen molar-refractivity contribution in [3.05, 3.63) is 11.1 Å². The van der Waals surface area contributed by atoms with Gasteiger partial charge in [-0.25, -0.2) is 0 Å². The van der Waals surface area contributed by atoms with E-state index in [-0.39, 0.29) is 23.8 Å². The molecule has 2 saturated heterocycles. The lowest BCUT2D eigenvalue weighted by Crippen LogP contribution is -2.44. The number of carbonyl (C=O) groups excluding carboxylic acids is 2. The van der Waals surface area contributed by atoms with E-state index in [0.29, 0.717) is 25.0 Å². The van der Waals surface area contributed by atoms with Crippen LogP contribution in [0.3, 0.4) is 0 Å². The molecule has 164 valence electrons. The Hall–Kier alpha value is -1.40. The van der Waals surface area contributed by atoms with Crippen molar-refractivity contribution in [3.8, 4) is 0 Å². The van der Waals surface area contributed by atoms with E-state index in [0.717, 1.165) is 44.9 Å². The first kappa shape index (κ1) is 19.3. The fourth-order valence-electron chi connectivity index (χ4n) is 7.48. The third-order valence-electron chi connectivity index (χ3n) is 8.58. The van der Waals surface area contributed by atoms with Gasteiger partial charge in [0.2, 0.25) is 12.6 Å². The fraction of sp³-hybridized carbons (Fsp3) is 0.833. The number of allylic oxidation sites excluding steroid dienone is 2. The number of rotatable bonds is 4. The highest BCUT2D eigenvalue weighted by Crippen LogP contribution is 2.68. The number of hydrogen-bond donors (Lipinski definition) is 0. The van der Waals surface area contributed by atoms with Gasteiger partial charge in [-0.3, -0.25) is 9.59 Å². The van der Waals surface area contributed by atoms with Crippen molar-refractivity contribution in [2.45, 2.75) is 76.8 Å². The van der Waals surface area contributed by atoms with Crippen molar-refractivity contribution in [1.29, 1.82) is 0 Å². The second-order valence-electron chi connectivity index (χ2n) is 10.1. The summed E-state index contributed by atoms with van der Waals surface area (Å²) in [6.45, 7) is 1.28. The van der Waals surface area contributed by atoms with Crippen LogP contribution in [0.25, 0.3) is 0 Å². The summed E-state index contributed by atoms with van der Waals surface area (Å²) in [5.74, 6) is 0.210. The minimum Gasteiger partial charge on any atom is -0.436 e. The molecule has 4 bridgehead atoms. The molecule has 2 heterocycles. The van der Waals surface area contributed by atoms with Crippen LogP contribution in [0.2, 0.25) is 0 Å². The SMILES string of the molecule is O=C(OC1CCCCO1)C1C2CC(C3C2=C2CCC3C2)C1C(=O)OC1CCCCO1. The third-order valence-corrected chi connectivity index (χ3v) is 8.58. The summed E-state index contributed by atoms with van der Waals surface area (Å²) in [5.41, 5.74) is 3.09. The predicted molar refractivity (Wildman–Crippen MR) is 106 cm³/mol. The van der Waals surface area contributed by atoms with Gasteiger partial charge in [0.15, 0.2) is 0 Å². The van der Waals surface area contributed by atoms with Crippen molar-refractivity contribution in [1.82, 2.24) is 0 Å². The van der Waals surface area contributed by atoms with E-state index >= 15 is 0 Å². The molecule has 6 nitrogen and oxygen atoms in total. The van der Waals surface area contributed by atoms with Crippen LogP contribution in [0, 0.1) is 35.5 Å². The molecule has 6 rings (SSSR count). The zero-order valence-electron chi connectivity index (χ0n) is 17.6. The Balaban J connectivity index is 1.25. The predicted octanol–water partition coefficient (Wildman–Crippen LogP) is 3.73. The van der Waals surface area contributed by atoms with Crippen molar-refractivity contribution >= 4 is 11.9 Å². The van der Waals surface area contributed by atoms with E-state index in [4.69, 9.17) is 18.9 Å². The van der Waals surface area contributed by atoms with Crippen LogP contribution < -0.4 is 0 Å². The lowest BCUT2D eigenvalue weighted by molar-refractivity contribution is -0.204. The highest BCUT2D eigenvalue weighted by Gasteiger charge is 2.65. The molecule has 8 unspecified atom stereocenters. The molecular formula is C24H32O6. The van der Waals surface area contributed by atoms with Crippen LogP contribution in [0.15, 0.2) is 11.1 Å². The van der Waals surface area contributed by atoms with Crippen LogP contribution in [0.4, 0.5) is 0 Å². The van der Waals surface area contributed by atoms with Gasteiger partial charge in [-0.2, -0.15) is 0 Å². The van der Waals surface area contributed by atoms with Crippen LogP contribution in [0.1, 0.15) is 64.2 Å². The minimum atomic E-state index is -0.461. The maximum Gasteiger partial charge on any atom is 0.312 e. The molecule has 2 aliphatic heterocycles. The van der Waals surface area contributed by atoms with Gasteiger partial charge in [0.25, 0.3) is 0 Å². The topological polar surface area (TPSA) is 71.1 Å². The maximum absolute atomic E-state index is 13.3. The largest absolute Gasteiger partial charge is 0.436 e. The standard InChI is InChI=1S/C24H32O6/c25-23(29-17-5-1-3-9-27-17)21-15-12-16(20-14-8-7-13(11-14)19(15)20)22(21)24(26)30-18-6-2-4-10-28-18/h13,15-19,21-22H,1-12H2. The first-order valence-corrected chi connectivity index (χ1v) is 12.1. The van der Waals surface area contributed by atoms with Crippen LogP contribution in [-0.2, 0) is 28.5 Å². The summed E-state index contributed by atoms with van der Waals surface area (Å²) in [4.78, 5) is 26.7. The number of hydrogen-bond acceptors (Lipinski definition) is 6. The second kappa shape index (κ2) is 7.63. The van der Waals surface area contributed by atoms with Gasteiger partial charge in [-0.05, 0) is 75.0 Å². The number of carbonyl (C=O) groups is 2. The molecule has 0 spiro atoms. The Labute approximate surface area is 177 Å². The van der Waals surface area contributed by atoms with E-state index < -0.39 is 24.4 Å². The van der Waals surface area contributed by atoms with Crippen LogP contribution >= 0.6 is 0 Å². The van der Waals surface area contributed by atoms with Gasteiger partial charge >= 0.3 is 11.9 Å². The van der Waals surface area contributed by atoms with Gasteiger partial charge in [0.1, 0.15) is 0 Å². The highest BCUT2D eigenvalue weighted by molar-refractivity contribution is 5.85. The molecule has 8 atom stereocenters. The Kier molecular flexibility index (Phi) is 4.91. The van der Waals surface area contributed by atoms with E-state index in [9.17, 15) is 9.59 Å². The summed E-state index contributed by atoms with van der Waals surface area (Å²) in [6.07, 6.45) is 9.15. The maximum atomic E-state index is 13.3. The average Bonchev–Trinajstić information content (AvgIpc) is 3.53. The Bertz CT molecular complexity index is 747. The summed E-state index contributed by atoms with van der Waals surface area (Å²) in [5, 5.41) is 0. The molecule has 0 aromatic carbocycles. The molecule has 0 aromatic heterocycles. The molecule has 30 heavy (non-hydrogen) atoms. The van der Waals surface area contributed by atoms with Gasteiger partial charge in [0, 0.05) is 12.8 Å². The lowest BCUT2D eigenvalue weighted by atomic mass is 9.67. The highest BCUT2D eigenvalue weighted by atomic mass is 16.7. The van der Waals surface area contributed by atoms with Crippen molar-refractivity contribution < 1.29 is 28.5 Å². The molecule has 0 radical (unpaired) electrons. The summed E-state index contributed by atoms with van der Waals surface area (Å²) in [7, 11) is 0. The average molecular weight is 417 g/mol. The van der Waals surface area contributed by atoms with Gasteiger partial charge < -0.3 is 18.9 Å². The van der Waals surface area contributed by atoms with E-state index in [1.165, 1.54) is 24.8 Å². The first-order chi connectivity index (χ1) is 14.7. The first-order valence-electron chi connectivity index (χ1n) is 12.1. The minimum absolute atomic E-state index is 0.154. The third kappa shape index (κ3) is 3.05. The Morgan fingerprint density at radius 1 is 0.833 bits per heavy atom. The lowest BCUT2D eigenvalue weighted by Gasteiger charge is -2.38. The van der Waals surface area contributed by atoms with Crippen molar-refractivity contribution in [3.63, 3.8) is 0 Å². The molecule has 4 aliphatic carbocycles. The molecule has 0 aromatic rings. The fourth-order valence-corrected chi connectivity index (χ4v) is 7.48. The van der Waals surface area contributed by atoms with Crippen LogP contribution in [-0.4, -0.2) is 37.7 Å². The molecule has 6 aliphatic rings. The molecule has 3 saturated carbocycles. The molecule has 0 N–H and O–H groups in total. The van der Waals surface area contributed by atoms with Crippen molar-refractivity contribution in [2.24, 2.45) is 35.5 Å². The van der Waals surface area contributed by atoms with Gasteiger partial charge in [-0.1, -0.05) is 11.1 Å². The van der Waals surface area contributed by atoms with Gasteiger partial charge in [0.05, 0.1) is 25.0 Å². The normalized spacial score (nSPS) is 44.3. The van der Waals surface area contributed by atoms with Crippen LogP contribution in [0.5, 0.6) is 0 Å². The zero-order chi connectivity index (χ0) is 20.2. The number of esters is 2.